The lowest BCUT2D eigenvalue weighted by atomic mass is 9.87. The first-order valence-corrected chi connectivity index (χ1v) is 7.60. The van der Waals surface area contributed by atoms with E-state index in [-0.39, 0.29) is 17.7 Å². The predicted molar refractivity (Wildman–Crippen MR) is 88.0 cm³/mol. The third-order valence-electron chi connectivity index (χ3n) is 4.31. The molecule has 0 saturated carbocycles. The molecule has 22 heavy (non-hydrogen) atoms. The first-order chi connectivity index (χ1) is 10.8. The third kappa shape index (κ3) is 2.89. The van der Waals surface area contributed by atoms with Crippen LogP contribution >= 0.6 is 0 Å². The van der Waals surface area contributed by atoms with Crippen molar-refractivity contribution >= 4 is 5.91 Å². The van der Waals surface area contributed by atoms with Gasteiger partial charge in [0.25, 0.3) is 0 Å². The zero-order valence-electron chi connectivity index (χ0n) is 12.5. The number of terminal acetylenes is 1. The van der Waals surface area contributed by atoms with E-state index in [1.807, 2.05) is 41.3 Å². The van der Waals surface area contributed by atoms with Gasteiger partial charge in [-0.3, -0.25) is 4.79 Å². The highest BCUT2D eigenvalue weighted by Gasteiger charge is 2.40. The van der Waals surface area contributed by atoms with Gasteiger partial charge in [-0.15, -0.1) is 12.3 Å². The largest absolute Gasteiger partial charge is 0.337 e. The molecule has 1 amide bonds. The van der Waals surface area contributed by atoms with Gasteiger partial charge in [0.05, 0.1) is 5.92 Å². The van der Waals surface area contributed by atoms with E-state index >= 15 is 0 Å². The maximum atomic E-state index is 12.7. The van der Waals surface area contributed by atoms with Crippen LogP contribution in [0.15, 0.2) is 60.7 Å². The molecule has 1 aliphatic heterocycles. The van der Waals surface area contributed by atoms with Gasteiger partial charge in [-0.25, -0.2) is 0 Å². The van der Waals surface area contributed by atoms with E-state index in [0.29, 0.717) is 13.0 Å². The van der Waals surface area contributed by atoms with Gasteiger partial charge in [-0.2, -0.15) is 0 Å². The van der Waals surface area contributed by atoms with Crippen molar-refractivity contribution in [3.8, 4) is 12.3 Å². The Morgan fingerprint density at radius 3 is 2.32 bits per heavy atom. The van der Waals surface area contributed by atoms with Crippen molar-refractivity contribution in [2.75, 3.05) is 6.54 Å². The van der Waals surface area contributed by atoms with Gasteiger partial charge in [-0.1, -0.05) is 60.7 Å². The van der Waals surface area contributed by atoms with E-state index in [1.54, 1.807) is 0 Å². The van der Waals surface area contributed by atoms with E-state index < -0.39 is 0 Å². The summed E-state index contributed by atoms with van der Waals surface area (Å²) in [4.78, 5) is 14.7. The van der Waals surface area contributed by atoms with E-state index in [0.717, 1.165) is 12.1 Å². The molecule has 0 aliphatic carbocycles. The Balaban J connectivity index is 1.83. The standard InChI is InChI=1S/C20H19NO/c1-2-9-18-19(17-12-7-4-8-13-17)15-21(20(18)22)14-16-10-5-3-6-11-16/h1,3-8,10-13,18-19H,9,14-15H2/t18-,19-/m0/s1. The van der Waals surface area contributed by atoms with Crippen LogP contribution < -0.4 is 0 Å². The van der Waals surface area contributed by atoms with Gasteiger partial charge < -0.3 is 4.90 Å². The second-order valence-electron chi connectivity index (χ2n) is 5.74. The number of carbonyl (C=O) groups is 1. The molecule has 1 saturated heterocycles. The van der Waals surface area contributed by atoms with Crippen LogP contribution in [0.25, 0.3) is 0 Å². The molecule has 0 N–H and O–H groups in total. The zero-order valence-corrected chi connectivity index (χ0v) is 12.5. The molecule has 2 nitrogen and oxygen atoms in total. The van der Waals surface area contributed by atoms with E-state index in [2.05, 4.69) is 30.2 Å². The van der Waals surface area contributed by atoms with Crippen molar-refractivity contribution in [3.63, 3.8) is 0 Å². The van der Waals surface area contributed by atoms with Gasteiger partial charge in [-0.05, 0) is 11.1 Å². The topological polar surface area (TPSA) is 20.3 Å². The van der Waals surface area contributed by atoms with Gasteiger partial charge in [0.1, 0.15) is 0 Å². The van der Waals surface area contributed by atoms with Crippen molar-refractivity contribution in [2.24, 2.45) is 5.92 Å². The molecule has 2 aromatic rings. The van der Waals surface area contributed by atoms with Crippen LogP contribution in [0.4, 0.5) is 0 Å². The molecule has 2 atom stereocenters. The fraction of sp³-hybridized carbons (Fsp3) is 0.250. The second kappa shape index (κ2) is 6.49. The van der Waals surface area contributed by atoms with Crippen molar-refractivity contribution in [1.82, 2.24) is 4.90 Å². The van der Waals surface area contributed by atoms with E-state index in [4.69, 9.17) is 6.42 Å². The molecule has 1 aliphatic rings. The number of amides is 1. The summed E-state index contributed by atoms with van der Waals surface area (Å²) < 4.78 is 0. The lowest BCUT2D eigenvalue weighted by molar-refractivity contribution is -0.131. The molecule has 0 bridgehead atoms. The second-order valence-corrected chi connectivity index (χ2v) is 5.74. The average Bonchev–Trinajstić information content (AvgIpc) is 2.87. The summed E-state index contributed by atoms with van der Waals surface area (Å²) in [6.45, 7) is 1.40. The summed E-state index contributed by atoms with van der Waals surface area (Å²) >= 11 is 0. The molecule has 110 valence electrons. The highest BCUT2D eigenvalue weighted by molar-refractivity contribution is 5.83. The number of likely N-dealkylation sites (tertiary alicyclic amines) is 1. The summed E-state index contributed by atoms with van der Waals surface area (Å²) in [5.74, 6) is 2.94. The molecular weight excluding hydrogens is 270 g/mol. The molecule has 2 heteroatoms. The normalized spacial score (nSPS) is 20.9. The van der Waals surface area contributed by atoms with Gasteiger partial charge in [0, 0.05) is 25.4 Å². The molecule has 0 aromatic heterocycles. The smallest absolute Gasteiger partial charge is 0.227 e. The third-order valence-corrected chi connectivity index (χ3v) is 4.31. The monoisotopic (exact) mass is 289 g/mol. The number of hydrogen-bond donors (Lipinski definition) is 0. The van der Waals surface area contributed by atoms with Crippen LogP contribution in [0.1, 0.15) is 23.5 Å². The van der Waals surface area contributed by atoms with Crippen LogP contribution in [0, 0.1) is 18.3 Å². The maximum Gasteiger partial charge on any atom is 0.227 e. The summed E-state index contributed by atoms with van der Waals surface area (Å²) in [5.41, 5.74) is 2.36. The van der Waals surface area contributed by atoms with Crippen LogP contribution in [0.2, 0.25) is 0 Å². The summed E-state index contributed by atoms with van der Waals surface area (Å²) in [5, 5.41) is 0. The minimum absolute atomic E-state index is 0.101. The number of hydrogen-bond acceptors (Lipinski definition) is 1. The zero-order chi connectivity index (χ0) is 15.4. The number of rotatable bonds is 4. The first-order valence-electron chi connectivity index (χ1n) is 7.60. The molecule has 0 spiro atoms. The number of carbonyl (C=O) groups excluding carboxylic acids is 1. The molecule has 1 fully saturated rings. The van der Waals surface area contributed by atoms with Gasteiger partial charge in [0.15, 0.2) is 0 Å². The number of benzene rings is 2. The molecule has 0 radical (unpaired) electrons. The quantitative estimate of drug-likeness (QED) is 0.789. The van der Waals surface area contributed by atoms with Crippen LogP contribution in [-0.4, -0.2) is 17.4 Å². The van der Waals surface area contributed by atoms with Crippen LogP contribution in [0.3, 0.4) is 0 Å². The fourth-order valence-corrected chi connectivity index (χ4v) is 3.20. The Bertz CT molecular complexity index is 672. The Hall–Kier alpha value is -2.53. The van der Waals surface area contributed by atoms with Gasteiger partial charge in [0.2, 0.25) is 5.91 Å². The number of nitrogens with zero attached hydrogens (tertiary/aromatic N) is 1. The minimum Gasteiger partial charge on any atom is -0.337 e. The Morgan fingerprint density at radius 2 is 1.68 bits per heavy atom. The lowest BCUT2D eigenvalue weighted by Gasteiger charge is -2.16. The molecule has 1 heterocycles. The average molecular weight is 289 g/mol. The van der Waals surface area contributed by atoms with Crippen LogP contribution in [-0.2, 0) is 11.3 Å². The molecule has 2 aromatic carbocycles. The summed E-state index contributed by atoms with van der Waals surface area (Å²) in [7, 11) is 0. The van der Waals surface area contributed by atoms with Crippen molar-refractivity contribution in [2.45, 2.75) is 18.9 Å². The Morgan fingerprint density at radius 1 is 1.05 bits per heavy atom. The SMILES string of the molecule is C#CC[C@@H]1C(=O)N(Cc2ccccc2)C[C@H]1c1ccccc1. The molecular formula is C20H19NO. The lowest BCUT2D eigenvalue weighted by Crippen LogP contribution is -2.26. The van der Waals surface area contributed by atoms with Crippen molar-refractivity contribution in [3.05, 3.63) is 71.8 Å². The molecule has 0 unspecified atom stereocenters. The highest BCUT2D eigenvalue weighted by atomic mass is 16.2. The van der Waals surface area contributed by atoms with Gasteiger partial charge >= 0.3 is 0 Å². The fourth-order valence-electron chi connectivity index (χ4n) is 3.20. The highest BCUT2D eigenvalue weighted by Crippen LogP contribution is 2.36. The minimum atomic E-state index is -0.101. The Kier molecular flexibility index (Phi) is 4.25. The van der Waals surface area contributed by atoms with Crippen molar-refractivity contribution < 1.29 is 4.79 Å². The van der Waals surface area contributed by atoms with E-state index in [9.17, 15) is 4.79 Å². The summed E-state index contributed by atoms with van der Waals surface area (Å²) in [6.07, 6.45) is 5.99. The molecule has 3 rings (SSSR count). The maximum absolute atomic E-state index is 12.7. The predicted octanol–water partition coefficient (Wildman–Crippen LogP) is 3.45. The summed E-state index contributed by atoms with van der Waals surface area (Å²) in [6, 6.07) is 20.3. The Labute approximate surface area is 131 Å². The van der Waals surface area contributed by atoms with Crippen LogP contribution in [0.5, 0.6) is 0 Å². The first kappa shape index (κ1) is 14.4. The van der Waals surface area contributed by atoms with E-state index in [1.165, 1.54) is 5.56 Å². The van der Waals surface area contributed by atoms with Crippen molar-refractivity contribution in [1.29, 1.82) is 0 Å².